The number of carbonyl (C=O) groups is 5. The maximum absolute atomic E-state index is 14.6. The van der Waals surface area contributed by atoms with E-state index >= 15 is 0 Å². The molecule has 0 unspecified atom stereocenters. The van der Waals surface area contributed by atoms with Crippen molar-refractivity contribution in [1.29, 1.82) is 0 Å². The first kappa shape index (κ1) is 44.1. The number of rotatable bonds is 9. The zero-order valence-electron chi connectivity index (χ0n) is 34.3. The number of nitrogens with zero attached hydrogens (tertiary/aromatic N) is 2. The van der Waals surface area contributed by atoms with Gasteiger partial charge in [0.1, 0.15) is 18.5 Å². The van der Waals surface area contributed by atoms with Gasteiger partial charge < -0.3 is 28.4 Å². The highest BCUT2D eigenvalue weighted by molar-refractivity contribution is 5.78. The molecular weight excluding hydrogens is 703 g/mol. The Morgan fingerprint density at radius 1 is 0.741 bits per heavy atom. The first-order valence-electron chi connectivity index (χ1n) is 18.0. The van der Waals surface area contributed by atoms with Crippen LogP contribution in [0.25, 0.3) is 0 Å². The lowest BCUT2D eigenvalue weighted by Crippen LogP contribution is -2.65. The SMILES string of the molecule is CC(=O)n1nc(O[C@@H]2O[C@H](COC(=O)C(C)(C)C)[C@@H](OC(=O)C(C)(C)C)[C@H](OC(=O)C(C)(C)C)[C@H]2OC(=O)C(C)(C)C)c(Cc2ccc(C)c(F)c2)c1C. The maximum atomic E-state index is 14.6. The average Bonchev–Trinajstić information content (AvgIpc) is 3.32. The Balaban J connectivity index is 2.28. The lowest BCUT2D eigenvalue weighted by molar-refractivity contribution is -0.294. The van der Waals surface area contributed by atoms with E-state index in [9.17, 15) is 28.4 Å². The summed E-state index contributed by atoms with van der Waals surface area (Å²) in [6.07, 6.45) is -7.52. The molecule has 1 fully saturated rings. The van der Waals surface area contributed by atoms with Crippen molar-refractivity contribution in [2.75, 3.05) is 6.61 Å². The van der Waals surface area contributed by atoms with E-state index in [0.717, 1.165) is 4.68 Å². The van der Waals surface area contributed by atoms with Gasteiger partial charge in [0.15, 0.2) is 12.2 Å². The summed E-state index contributed by atoms with van der Waals surface area (Å²) >= 11 is 0. The van der Waals surface area contributed by atoms with Crippen LogP contribution in [0, 0.1) is 41.3 Å². The van der Waals surface area contributed by atoms with Gasteiger partial charge in [-0.25, -0.2) is 9.07 Å². The third-order valence-corrected chi connectivity index (χ3v) is 8.50. The zero-order valence-corrected chi connectivity index (χ0v) is 34.3. The zero-order chi connectivity index (χ0) is 41.3. The summed E-state index contributed by atoms with van der Waals surface area (Å²) in [5.41, 5.74) is -2.35. The number of ether oxygens (including phenoxy) is 6. The third kappa shape index (κ3) is 10.9. The highest BCUT2D eigenvalue weighted by Crippen LogP contribution is 2.36. The second-order valence-corrected chi connectivity index (χ2v) is 17.9. The van der Waals surface area contributed by atoms with Crippen molar-refractivity contribution in [1.82, 2.24) is 9.78 Å². The summed E-state index contributed by atoms with van der Waals surface area (Å²) in [7, 11) is 0. The fourth-order valence-electron chi connectivity index (χ4n) is 4.96. The van der Waals surface area contributed by atoms with Gasteiger partial charge in [0.2, 0.25) is 24.2 Å². The summed E-state index contributed by atoms with van der Waals surface area (Å²) in [5, 5.41) is 4.41. The molecule has 14 heteroatoms. The van der Waals surface area contributed by atoms with Crippen molar-refractivity contribution in [3.8, 4) is 5.88 Å². The minimum absolute atomic E-state index is 0.0751. The maximum Gasteiger partial charge on any atom is 0.311 e. The summed E-state index contributed by atoms with van der Waals surface area (Å²) in [5.74, 6) is -3.77. The molecule has 1 aliphatic rings. The topological polar surface area (TPSA) is 159 Å². The average molecular weight is 761 g/mol. The number of carbonyl (C=O) groups excluding carboxylic acids is 5. The standard InChI is InChI=1S/C40H57FN2O11/c1-21-16-17-24(19-26(21)41)18-25-22(2)43(23(3)44)42-31(25)54-32-30(53-36(48)40(13,14)15)29(52-35(47)39(10,11)12)28(51-34(46)38(7,8)9)27(50-32)20-49-33(45)37(4,5)6/h16-17,19,27-30,32H,18,20H2,1-15H3/t27-,28-,29+,30-,32+/m1/s1. The quantitative estimate of drug-likeness (QED) is 0.203. The van der Waals surface area contributed by atoms with Crippen molar-refractivity contribution >= 4 is 29.8 Å². The van der Waals surface area contributed by atoms with Crippen LogP contribution in [0.1, 0.15) is 117 Å². The van der Waals surface area contributed by atoms with Crippen LogP contribution in [-0.2, 0) is 49.3 Å². The van der Waals surface area contributed by atoms with Crippen LogP contribution in [0.3, 0.4) is 0 Å². The summed E-state index contributed by atoms with van der Waals surface area (Å²) in [6, 6.07) is 4.72. The van der Waals surface area contributed by atoms with Crippen LogP contribution in [0.2, 0.25) is 0 Å². The minimum Gasteiger partial charge on any atom is -0.462 e. The highest BCUT2D eigenvalue weighted by Gasteiger charge is 2.56. The molecule has 1 saturated heterocycles. The fraction of sp³-hybridized carbons (Fsp3) is 0.650. The molecule has 2 aromatic rings. The Labute approximate surface area is 317 Å². The summed E-state index contributed by atoms with van der Waals surface area (Å²) < 4.78 is 52.4. The Kier molecular flexibility index (Phi) is 13.2. The van der Waals surface area contributed by atoms with E-state index < -0.39 is 94.6 Å². The van der Waals surface area contributed by atoms with Crippen LogP contribution >= 0.6 is 0 Å². The van der Waals surface area contributed by atoms with Gasteiger partial charge in [-0.2, -0.15) is 0 Å². The molecular formula is C40H57FN2O11. The van der Waals surface area contributed by atoms with Gasteiger partial charge in [-0.3, -0.25) is 24.0 Å². The predicted molar refractivity (Wildman–Crippen MR) is 195 cm³/mol. The van der Waals surface area contributed by atoms with E-state index in [2.05, 4.69) is 5.10 Å². The van der Waals surface area contributed by atoms with Gasteiger partial charge in [-0.15, -0.1) is 5.10 Å². The lowest BCUT2D eigenvalue weighted by atomic mass is 9.93. The molecule has 0 radical (unpaired) electrons. The second kappa shape index (κ2) is 16.2. The van der Waals surface area contributed by atoms with E-state index in [1.807, 2.05) is 0 Å². The van der Waals surface area contributed by atoms with E-state index in [1.54, 1.807) is 109 Å². The van der Waals surface area contributed by atoms with Crippen LogP contribution in [-0.4, -0.2) is 76.9 Å². The molecule has 0 amide bonds. The molecule has 0 bridgehead atoms. The minimum atomic E-state index is -1.64. The number of hydrogen-bond donors (Lipinski definition) is 0. The molecule has 54 heavy (non-hydrogen) atoms. The van der Waals surface area contributed by atoms with Gasteiger partial charge in [0.25, 0.3) is 0 Å². The van der Waals surface area contributed by atoms with Gasteiger partial charge in [0, 0.05) is 18.9 Å². The normalized spacial score (nSPS) is 20.9. The monoisotopic (exact) mass is 760 g/mol. The Morgan fingerprint density at radius 2 is 1.22 bits per heavy atom. The second-order valence-electron chi connectivity index (χ2n) is 17.9. The number of hydrogen-bond acceptors (Lipinski definition) is 12. The third-order valence-electron chi connectivity index (χ3n) is 8.50. The molecule has 0 saturated carbocycles. The molecule has 0 aliphatic carbocycles. The van der Waals surface area contributed by atoms with Gasteiger partial charge >= 0.3 is 23.9 Å². The first-order valence-corrected chi connectivity index (χ1v) is 18.0. The van der Waals surface area contributed by atoms with Crippen LogP contribution in [0.4, 0.5) is 4.39 Å². The Bertz CT molecular complexity index is 1740. The fourth-order valence-corrected chi connectivity index (χ4v) is 4.96. The lowest BCUT2D eigenvalue weighted by Gasteiger charge is -2.45. The van der Waals surface area contributed by atoms with Crippen molar-refractivity contribution in [2.24, 2.45) is 21.7 Å². The van der Waals surface area contributed by atoms with Gasteiger partial charge in [-0.05, 0) is 114 Å². The molecule has 2 heterocycles. The highest BCUT2D eigenvalue weighted by atomic mass is 19.1. The van der Waals surface area contributed by atoms with E-state index in [4.69, 9.17) is 28.4 Å². The first-order chi connectivity index (χ1) is 24.5. The number of aryl methyl sites for hydroxylation is 1. The molecule has 1 aliphatic heterocycles. The summed E-state index contributed by atoms with van der Waals surface area (Å²) in [4.78, 5) is 66.5. The summed E-state index contributed by atoms with van der Waals surface area (Å²) in [6.45, 7) is 23.7. The smallest absolute Gasteiger partial charge is 0.311 e. The number of benzene rings is 1. The van der Waals surface area contributed by atoms with Crippen LogP contribution in [0.5, 0.6) is 5.88 Å². The largest absolute Gasteiger partial charge is 0.462 e. The van der Waals surface area contributed by atoms with E-state index in [-0.39, 0.29) is 12.3 Å². The molecule has 300 valence electrons. The van der Waals surface area contributed by atoms with Crippen molar-refractivity contribution < 1.29 is 56.8 Å². The molecule has 0 N–H and O–H groups in total. The molecule has 5 atom stereocenters. The number of aromatic nitrogens is 2. The van der Waals surface area contributed by atoms with Crippen LogP contribution < -0.4 is 4.74 Å². The molecule has 3 rings (SSSR count). The molecule has 0 spiro atoms. The molecule has 13 nitrogen and oxygen atoms in total. The van der Waals surface area contributed by atoms with E-state index in [0.29, 0.717) is 22.4 Å². The molecule has 1 aromatic heterocycles. The van der Waals surface area contributed by atoms with Crippen molar-refractivity contribution in [3.63, 3.8) is 0 Å². The molecule has 1 aromatic carbocycles. The van der Waals surface area contributed by atoms with Gasteiger partial charge in [-0.1, -0.05) is 12.1 Å². The number of halogens is 1. The van der Waals surface area contributed by atoms with Crippen molar-refractivity contribution in [2.45, 2.75) is 141 Å². The predicted octanol–water partition coefficient (Wildman–Crippen LogP) is 6.46. The Morgan fingerprint density at radius 3 is 1.69 bits per heavy atom. The van der Waals surface area contributed by atoms with E-state index in [1.165, 1.54) is 13.0 Å². The van der Waals surface area contributed by atoms with Crippen LogP contribution in [0.15, 0.2) is 18.2 Å². The van der Waals surface area contributed by atoms with Crippen molar-refractivity contribution in [3.05, 3.63) is 46.4 Å². The van der Waals surface area contributed by atoms with Gasteiger partial charge in [0.05, 0.1) is 27.4 Å². The number of esters is 4. The Hall–Kier alpha value is -4.33.